The summed E-state index contributed by atoms with van der Waals surface area (Å²) in [5.74, 6) is 0.961. The average molecular weight is 257 g/mol. The van der Waals surface area contributed by atoms with Crippen molar-refractivity contribution in [1.82, 2.24) is 15.3 Å². The van der Waals surface area contributed by atoms with Gasteiger partial charge in [-0.1, -0.05) is 37.6 Å². The summed E-state index contributed by atoms with van der Waals surface area (Å²) in [6.07, 6.45) is 4.23. The molecule has 0 fully saturated rings. The molecule has 0 aliphatic rings. The van der Waals surface area contributed by atoms with E-state index in [2.05, 4.69) is 60.3 Å². The molecule has 0 atom stereocenters. The average Bonchev–Trinajstić information content (AvgIpc) is 2.90. The van der Waals surface area contributed by atoms with E-state index in [1.165, 1.54) is 17.5 Å². The topological polar surface area (TPSA) is 40.7 Å². The summed E-state index contributed by atoms with van der Waals surface area (Å²) in [6, 6.07) is 8.72. The third kappa shape index (κ3) is 3.04. The van der Waals surface area contributed by atoms with Gasteiger partial charge in [0.25, 0.3) is 0 Å². The quantitative estimate of drug-likeness (QED) is 0.861. The molecular formula is C16H23N3. The Kier molecular flexibility index (Phi) is 4.05. The number of rotatable bonds is 5. The summed E-state index contributed by atoms with van der Waals surface area (Å²) < 4.78 is 0. The SMILES string of the molecule is CCCc1ccc(-c2cnc(C(C)(C)NC)[nH]2)cc1. The van der Waals surface area contributed by atoms with E-state index in [0.29, 0.717) is 0 Å². The molecule has 0 aliphatic carbocycles. The summed E-state index contributed by atoms with van der Waals surface area (Å²) in [5, 5.41) is 3.25. The lowest BCUT2D eigenvalue weighted by Gasteiger charge is -2.20. The Morgan fingerprint density at radius 2 is 1.89 bits per heavy atom. The Morgan fingerprint density at radius 1 is 1.21 bits per heavy atom. The minimum Gasteiger partial charge on any atom is -0.340 e. The molecular weight excluding hydrogens is 234 g/mol. The molecule has 0 spiro atoms. The molecule has 3 heteroatoms. The first-order chi connectivity index (χ1) is 9.06. The van der Waals surface area contributed by atoms with Crippen LogP contribution < -0.4 is 5.32 Å². The van der Waals surface area contributed by atoms with Gasteiger partial charge in [0, 0.05) is 0 Å². The van der Waals surface area contributed by atoms with Gasteiger partial charge in [0.1, 0.15) is 5.82 Å². The first-order valence-corrected chi connectivity index (χ1v) is 6.90. The molecule has 2 N–H and O–H groups in total. The molecule has 0 aliphatic heterocycles. The number of nitrogens with one attached hydrogen (secondary N) is 2. The summed E-state index contributed by atoms with van der Waals surface area (Å²) in [6.45, 7) is 6.43. The number of benzene rings is 1. The number of hydrogen-bond acceptors (Lipinski definition) is 2. The van der Waals surface area contributed by atoms with E-state index >= 15 is 0 Å². The maximum absolute atomic E-state index is 4.48. The van der Waals surface area contributed by atoms with Gasteiger partial charge in [-0.25, -0.2) is 4.98 Å². The fraction of sp³-hybridized carbons (Fsp3) is 0.438. The lowest BCUT2D eigenvalue weighted by molar-refractivity contribution is 0.421. The number of hydrogen-bond donors (Lipinski definition) is 2. The van der Waals surface area contributed by atoms with E-state index in [4.69, 9.17) is 0 Å². The number of aromatic nitrogens is 2. The van der Waals surface area contributed by atoms with Crippen LogP contribution in [0.2, 0.25) is 0 Å². The lowest BCUT2D eigenvalue weighted by atomic mass is 10.1. The number of aryl methyl sites for hydroxylation is 1. The highest BCUT2D eigenvalue weighted by Gasteiger charge is 2.21. The second-order valence-corrected chi connectivity index (χ2v) is 5.47. The van der Waals surface area contributed by atoms with Gasteiger partial charge in [-0.15, -0.1) is 0 Å². The number of nitrogens with zero attached hydrogens (tertiary/aromatic N) is 1. The van der Waals surface area contributed by atoms with Crippen molar-refractivity contribution in [1.29, 1.82) is 0 Å². The third-order valence-electron chi connectivity index (χ3n) is 3.60. The van der Waals surface area contributed by atoms with Gasteiger partial charge in [0.2, 0.25) is 0 Å². The minimum absolute atomic E-state index is 0.138. The van der Waals surface area contributed by atoms with Crippen molar-refractivity contribution in [3.63, 3.8) is 0 Å². The first kappa shape index (κ1) is 13.8. The molecule has 1 aromatic carbocycles. The second-order valence-electron chi connectivity index (χ2n) is 5.47. The van der Waals surface area contributed by atoms with Gasteiger partial charge < -0.3 is 10.3 Å². The molecule has 1 aromatic heterocycles. The molecule has 0 saturated heterocycles. The van der Waals surface area contributed by atoms with Gasteiger partial charge in [-0.3, -0.25) is 0 Å². The minimum atomic E-state index is -0.138. The van der Waals surface area contributed by atoms with E-state index in [-0.39, 0.29) is 5.54 Å². The first-order valence-electron chi connectivity index (χ1n) is 6.90. The molecule has 0 bridgehead atoms. The van der Waals surface area contributed by atoms with Gasteiger partial charge in [0.15, 0.2) is 0 Å². The van der Waals surface area contributed by atoms with Crippen LogP contribution in [0.3, 0.4) is 0 Å². The monoisotopic (exact) mass is 257 g/mol. The predicted octanol–water partition coefficient (Wildman–Crippen LogP) is 3.48. The molecule has 1 heterocycles. The Labute approximate surface area is 115 Å². The maximum atomic E-state index is 4.48. The normalized spacial score (nSPS) is 11.8. The smallest absolute Gasteiger partial charge is 0.126 e. The Hall–Kier alpha value is -1.61. The molecule has 0 saturated carbocycles. The standard InChI is InChI=1S/C16H23N3/c1-5-6-12-7-9-13(10-8-12)14-11-18-15(19-14)16(2,3)17-4/h7-11,17H,5-6H2,1-4H3,(H,18,19). The molecule has 102 valence electrons. The summed E-state index contributed by atoms with van der Waals surface area (Å²) in [7, 11) is 1.95. The number of imidazole rings is 1. The molecule has 3 nitrogen and oxygen atoms in total. The largest absolute Gasteiger partial charge is 0.340 e. The molecule has 19 heavy (non-hydrogen) atoms. The van der Waals surface area contributed by atoms with Crippen LogP contribution >= 0.6 is 0 Å². The predicted molar refractivity (Wildman–Crippen MR) is 80.1 cm³/mol. The van der Waals surface area contributed by atoms with Crippen molar-refractivity contribution in [2.45, 2.75) is 39.2 Å². The van der Waals surface area contributed by atoms with Crippen molar-refractivity contribution >= 4 is 0 Å². The summed E-state index contributed by atoms with van der Waals surface area (Å²) in [5.41, 5.74) is 3.51. The van der Waals surface area contributed by atoms with Crippen LogP contribution in [0.4, 0.5) is 0 Å². The van der Waals surface area contributed by atoms with Crippen LogP contribution in [0, 0.1) is 0 Å². The highest BCUT2D eigenvalue weighted by molar-refractivity contribution is 5.59. The van der Waals surface area contributed by atoms with E-state index < -0.39 is 0 Å². The van der Waals surface area contributed by atoms with Crippen LogP contribution in [0.25, 0.3) is 11.3 Å². The Balaban J connectivity index is 2.23. The van der Waals surface area contributed by atoms with E-state index in [1.54, 1.807) is 0 Å². The van der Waals surface area contributed by atoms with Gasteiger partial charge >= 0.3 is 0 Å². The fourth-order valence-electron chi connectivity index (χ4n) is 2.04. The highest BCUT2D eigenvalue weighted by atomic mass is 15.0. The van der Waals surface area contributed by atoms with Crippen LogP contribution in [-0.2, 0) is 12.0 Å². The molecule has 0 amide bonds. The molecule has 0 unspecified atom stereocenters. The van der Waals surface area contributed by atoms with E-state index in [0.717, 1.165) is 17.9 Å². The Morgan fingerprint density at radius 3 is 2.47 bits per heavy atom. The molecule has 2 aromatic rings. The third-order valence-corrected chi connectivity index (χ3v) is 3.60. The van der Waals surface area contributed by atoms with Gasteiger partial charge in [-0.05, 0) is 38.4 Å². The number of aromatic amines is 1. The van der Waals surface area contributed by atoms with E-state index in [1.807, 2.05) is 13.2 Å². The van der Waals surface area contributed by atoms with Crippen LogP contribution in [0.15, 0.2) is 30.5 Å². The zero-order valence-electron chi connectivity index (χ0n) is 12.2. The number of H-pyrrole nitrogens is 1. The molecule has 2 rings (SSSR count). The van der Waals surface area contributed by atoms with Crippen molar-refractivity contribution in [2.75, 3.05) is 7.05 Å². The zero-order valence-corrected chi connectivity index (χ0v) is 12.2. The van der Waals surface area contributed by atoms with Gasteiger partial charge in [0.05, 0.1) is 17.4 Å². The van der Waals surface area contributed by atoms with Gasteiger partial charge in [-0.2, -0.15) is 0 Å². The molecule has 0 radical (unpaired) electrons. The zero-order chi connectivity index (χ0) is 13.9. The Bertz CT molecular complexity index is 523. The summed E-state index contributed by atoms with van der Waals surface area (Å²) in [4.78, 5) is 7.87. The van der Waals surface area contributed by atoms with Crippen molar-refractivity contribution in [3.05, 3.63) is 41.9 Å². The summed E-state index contributed by atoms with van der Waals surface area (Å²) >= 11 is 0. The van der Waals surface area contributed by atoms with E-state index in [9.17, 15) is 0 Å². The lowest BCUT2D eigenvalue weighted by Crippen LogP contribution is -2.34. The van der Waals surface area contributed by atoms with Crippen LogP contribution in [0.1, 0.15) is 38.6 Å². The highest BCUT2D eigenvalue weighted by Crippen LogP contribution is 2.22. The maximum Gasteiger partial charge on any atom is 0.126 e. The van der Waals surface area contributed by atoms with Crippen LogP contribution in [0.5, 0.6) is 0 Å². The van der Waals surface area contributed by atoms with Crippen molar-refractivity contribution in [3.8, 4) is 11.3 Å². The van der Waals surface area contributed by atoms with Crippen molar-refractivity contribution in [2.24, 2.45) is 0 Å². The van der Waals surface area contributed by atoms with Crippen molar-refractivity contribution < 1.29 is 0 Å². The fourth-order valence-corrected chi connectivity index (χ4v) is 2.04. The van der Waals surface area contributed by atoms with Crippen LogP contribution in [-0.4, -0.2) is 17.0 Å². The second kappa shape index (κ2) is 5.57.